The molecule has 1 saturated carbocycles. The van der Waals surface area contributed by atoms with Crippen molar-refractivity contribution in [3.63, 3.8) is 0 Å². The molecule has 0 spiro atoms. The second-order valence-corrected chi connectivity index (χ2v) is 5.32. The summed E-state index contributed by atoms with van der Waals surface area (Å²) < 4.78 is 9.77. The highest BCUT2D eigenvalue weighted by molar-refractivity contribution is 6.00. The highest BCUT2D eigenvalue weighted by atomic mass is 16.5. The van der Waals surface area contributed by atoms with Gasteiger partial charge in [0, 0.05) is 6.04 Å². The van der Waals surface area contributed by atoms with Gasteiger partial charge in [0.25, 0.3) is 5.91 Å². The lowest BCUT2D eigenvalue weighted by molar-refractivity contribution is -0.144. The number of esters is 1. The lowest BCUT2D eigenvalue weighted by Crippen LogP contribution is -2.42. The minimum atomic E-state index is -0.948. The fourth-order valence-electron chi connectivity index (χ4n) is 1.82. The molecule has 1 aromatic rings. The first-order valence-corrected chi connectivity index (χ1v) is 7.55. The Morgan fingerprint density at radius 3 is 2.52 bits per heavy atom. The Balaban J connectivity index is 1.85. The first-order valence-electron chi connectivity index (χ1n) is 7.55. The van der Waals surface area contributed by atoms with E-state index in [4.69, 9.17) is 14.7 Å². The maximum Gasteiger partial charge on any atom is 0.349 e. The van der Waals surface area contributed by atoms with Crippen LogP contribution in [0.15, 0.2) is 29.8 Å². The van der Waals surface area contributed by atoms with Crippen LogP contribution in [0.4, 0.5) is 4.79 Å². The third-order valence-electron chi connectivity index (χ3n) is 3.27. The number of carbonyl (C=O) groups is 3. The second-order valence-electron chi connectivity index (χ2n) is 5.32. The smallest absolute Gasteiger partial charge is 0.349 e. The molecule has 1 aliphatic carbocycles. The number of urea groups is 1. The van der Waals surface area contributed by atoms with Gasteiger partial charge in [-0.1, -0.05) is 12.1 Å². The van der Waals surface area contributed by atoms with E-state index in [2.05, 4.69) is 5.32 Å². The van der Waals surface area contributed by atoms with Gasteiger partial charge in [-0.05, 0) is 36.6 Å². The highest BCUT2D eigenvalue weighted by Crippen LogP contribution is 2.18. The van der Waals surface area contributed by atoms with Crippen LogP contribution in [0.25, 0.3) is 6.08 Å². The number of hydrogen-bond donors (Lipinski definition) is 2. The molecule has 1 fully saturated rings. The number of benzene rings is 1. The molecule has 25 heavy (non-hydrogen) atoms. The van der Waals surface area contributed by atoms with Gasteiger partial charge in [0.15, 0.2) is 6.61 Å². The summed E-state index contributed by atoms with van der Waals surface area (Å²) in [5.74, 6) is -1.08. The maximum absolute atomic E-state index is 11.9. The molecule has 8 nitrogen and oxygen atoms in total. The lowest BCUT2D eigenvalue weighted by Gasteiger charge is -2.06. The van der Waals surface area contributed by atoms with Crippen LogP contribution in [0.2, 0.25) is 0 Å². The number of ether oxygens (including phenoxy) is 2. The predicted molar refractivity (Wildman–Crippen MR) is 87.2 cm³/mol. The van der Waals surface area contributed by atoms with Gasteiger partial charge in [0.05, 0.1) is 7.11 Å². The molecule has 130 valence electrons. The van der Waals surface area contributed by atoms with E-state index in [0.29, 0.717) is 11.3 Å². The van der Waals surface area contributed by atoms with Crippen molar-refractivity contribution in [1.82, 2.24) is 10.6 Å². The maximum atomic E-state index is 11.9. The second kappa shape index (κ2) is 8.49. The van der Waals surface area contributed by atoms with Gasteiger partial charge < -0.3 is 14.8 Å². The van der Waals surface area contributed by atoms with Gasteiger partial charge in [0.2, 0.25) is 0 Å². The number of amides is 3. The van der Waals surface area contributed by atoms with Crippen molar-refractivity contribution in [3.8, 4) is 11.8 Å². The first-order chi connectivity index (χ1) is 12.0. The number of imide groups is 1. The van der Waals surface area contributed by atoms with E-state index in [1.807, 2.05) is 5.32 Å². The van der Waals surface area contributed by atoms with Crippen LogP contribution >= 0.6 is 0 Å². The van der Waals surface area contributed by atoms with Crippen LogP contribution in [0.1, 0.15) is 18.4 Å². The summed E-state index contributed by atoms with van der Waals surface area (Å²) in [6.07, 6.45) is 3.11. The number of nitriles is 1. The number of nitrogens with zero attached hydrogens (tertiary/aromatic N) is 1. The van der Waals surface area contributed by atoms with Gasteiger partial charge in [-0.25, -0.2) is 9.59 Å². The van der Waals surface area contributed by atoms with Crippen LogP contribution in [0.3, 0.4) is 0 Å². The van der Waals surface area contributed by atoms with Crippen molar-refractivity contribution in [2.45, 2.75) is 18.9 Å². The molecule has 3 amide bonds. The van der Waals surface area contributed by atoms with Crippen LogP contribution in [0.5, 0.6) is 5.75 Å². The Hall–Kier alpha value is -3.34. The summed E-state index contributed by atoms with van der Waals surface area (Å²) >= 11 is 0. The number of nitrogens with one attached hydrogen (secondary N) is 2. The molecule has 8 heteroatoms. The summed E-state index contributed by atoms with van der Waals surface area (Å²) in [4.78, 5) is 34.8. The zero-order chi connectivity index (χ0) is 18.2. The predicted octanol–water partition coefficient (Wildman–Crippen LogP) is 1.13. The number of methoxy groups -OCH3 is 1. The molecular formula is C17H17N3O5. The summed E-state index contributed by atoms with van der Waals surface area (Å²) in [7, 11) is 1.53. The van der Waals surface area contributed by atoms with Crippen LogP contribution in [-0.4, -0.2) is 37.7 Å². The summed E-state index contributed by atoms with van der Waals surface area (Å²) in [5, 5.41) is 13.7. The van der Waals surface area contributed by atoms with Crippen LogP contribution < -0.4 is 15.4 Å². The number of hydrogen-bond acceptors (Lipinski definition) is 6. The zero-order valence-corrected chi connectivity index (χ0v) is 13.6. The van der Waals surface area contributed by atoms with E-state index >= 15 is 0 Å². The Morgan fingerprint density at radius 2 is 1.96 bits per heavy atom. The Bertz CT molecular complexity index is 730. The highest BCUT2D eigenvalue weighted by Gasteiger charge is 2.24. The Morgan fingerprint density at radius 1 is 1.28 bits per heavy atom. The van der Waals surface area contributed by atoms with Crippen LogP contribution in [-0.2, 0) is 14.3 Å². The van der Waals surface area contributed by atoms with E-state index in [1.54, 1.807) is 30.3 Å². The van der Waals surface area contributed by atoms with E-state index in [1.165, 1.54) is 13.2 Å². The Kier molecular flexibility index (Phi) is 6.12. The fraction of sp³-hybridized carbons (Fsp3) is 0.294. The summed E-state index contributed by atoms with van der Waals surface area (Å²) in [6, 6.07) is 7.89. The average molecular weight is 343 g/mol. The molecule has 1 aliphatic rings. The first kappa shape index (κ1) is 18.0. The van der Waals surface area contributed by atoms with E-state index in [0.717, 1.165) is 12.8 Å². The van der Waals surface area contributed by atoms with Crippen molar-refractivity contribution >= 4 is 24.0 Å². The standard InChI is InChI=1S/C17H17N3O5/c1-24-14-6-2-11(3-7-14)8-12(9-18)16(22)25-10-15(21)20-17(23)19-13-4-5-13/h2-3,6-8,13H,4-5,10H2,1H3,(H2,19,20,21,23)/b12-8+. The minimum absolute atomic E-state index is 0.105. The van der Waals surface area contributed by atoms with Crippen LogP contribution in [0, 0.1) is 11.3 Å². The third kappa shape index (κ3) is 5.99. The molecule has 0 atom stereocenters. The van der Waals surface area contributed by atoms with Gasteiger partial charge in [-0.3, -0.25) is 10.1 Å². The van der Waals surface area contributed by atoms with Gasteiger partial charge in [0.1, 0.15) is 17.4 Å². The molecular weight excluding hydrogens is 326 g/mol. The fourth-order valence-corrected chi connectivity index (χ4v) is 1.82. The molecule has 0 heterocycles. The molecule has 0 aromatic heterocycles. The van der Waals surface area contributed by atoms with E-state index in [9.17, 15) is 14.4 Å². The zero-order valence-electron chi connectivity index (χ0n) is 13.6. The molecule has 0 unspecified atom stereocenters. The van der Waals surface area contributed by atoms with Crippen molar-refractivity contribution in [2.24, 2.45) is 0 Å². The van der Waals surface area contributed by atoms with Gasteiger partial charge in [-0.15, -0.1) is 0 Å². The minimum Gasteiger partial charge on any atom is -0.497 e. The summed E-state index contributed by atoms with van der Waals surface area (Å²) in [5.41, 5.74) is 0.336. The van der Waals surface area contributed by atoms with Crippen molar-refractivity contribution < 1.29 is 23.9 Å². The van der Waals surface area contributed by atoms with Gasteiger partial charge >= 0.3 is 12.0 Å². The van der Waals surface area contributed by atoms with Crippen molar-refractivity contribution in [3.05, 3.63) is 35.4 Å². The molecule has 0 radical (unpaired) electrons. The number of carbonyl (C=O) groups excluding carboxylic acids is 3. The normalized spacial score (nSPS) is 13.4. The molecule has 0 aliphatic heterocycles. The molecule has 2 rings (SSSR count). The molecule has 0 bridgehead atoms. The SMILES string of the molecule is COc1ccc(/C=C(\C#N)C(=O)OCC(=O)NC(=O)NC2CC2)cc1. The molecule has 0 saturated heterocycles. The largest absolute Gasteiger partial charge is 0.497 e. The topological polar surface area (TPSA) is 118 Å². The van der Waals surface area contributed by atoms with Crippen molar-refractivity contribution in [2.75, 3.05) is 13.7 Å². The summed E-state index contributed by atoms with van der Waals surface area (Å²) in [6.45, 7) is -0.654. The molecule has 2 N–H and O–H groups in total. The van der Waals surface area contributed by atoms with Crippen molar-refractivity contribution in [1.29, 1.82) is 5.26 Å². The Labute approximate surface area is 144 Å². The van der Waals surface area contributed by atoms with E-state index in [-0.39, 0.29) is 11.6 Å². The number of rotatable bonds is 6. The average Bonchev–Trinajstić information content (AvgIpc) is 3.41. The lowest BCUT2D eigenvalue weighted by atomic mass is 10.1. The molecule has 1 aromatic carbocycles. The van der Waals surface area contributed by atoms with E-state index < -0.39 is 24.5 Å². The third-order valence-corrected chi connectivity index (χ3v) is 3.27. The monoisotopic (exact) mass is 343 g/mol. The quantitative estimate of drug-likeness (QED) is 0.454. The van der Waals surface area contributed by atoms with Gasteiger partial charge in [-0.2, -0.15) is 5.26 Å².